The Morgan fingerprint density at radius 1 is 0.661 bits per heavy atom. The van der Waals surface area contributed by atoms with Crippen molar-refractivity contribution in [1.82, 2.24) is 15.3 Å². The molecule has 7 rings (SSSR count). The normalized spacial score (nSPS) is 11.7. The summed E-state index contributed by atoms with van der Waals surface area (Å²) in [5.41, 5.74) is 5.06. The fourth-order valence-electron chi connectivity index (χ4n) is 6.85. The third-order valence-corrected chi connectivity index (χ3v) is 10.0. The molecule has 4 N–H and O–H groups in total. The number of anilines is 2. The maximum Gasteiger partial charge on any atom is 0.335 e. The zero-order chi connectivity index (χ0) is 42.8. The molecule has 0 fully saturated rings. The maximum atomic E-state index is 11.6. The van der Waals surface area contributed by atoms with Gasteiger partial charge in [0, 0.05) is 66.4 Å². The van der Waals surface area contributed by atoms with Crippen LogP contribution in [-0.2, 0) is 28.9 Å². The van der Waals surface area contributed by atoms with Crippen LogP contribution in [-0.4, -0.2) is 85.0 Å². The largest absolute Gasteiger partial charge is 0.491 e. The van der Waals surface area contributed by atoms with Gasteiger partial charge in [0.25, 0.3) is 0 Å². The minimum Gasteiger partial charge on any atom is -0.491 e. The zero-order valence-corrected chi connectivity index (χ0v) is 34.6. The van der Waals surface area contributed by atoms with Gasteiger partial charge in [-0.15, -0.1) is 0 Å². The minimum atomic E-state index is -0.997. The van der Waals surface area contributed by atoms with Gasteiger partial charge in [-0.05, 0) is 72.0 Å². The van der Waals surface area contributed by atoms with E-state index in [1.54, 1.807) is 30.6 Å². The number of ether oxygens (including phenoxy) is 5. The molecule has 0 radical (unpaired) electrons. The van der Waals surface area contributed by atoms with E-state index in [4.69, 9.17) is 28.7 Å². The highest BCUT2D eigenvalue weighted by Gasteiger charge is 2.13. The number of hydrogen-bond donors (Lipinski definition) is 4. The number of aromatic carboxylic acids is 1. The number of nitrogens with zero attached hydrogens (tertiary/aromatic N) is 2. The summed E-state index contributed by atoms with van der Waals surface area (Å²) in [4.78, 5) is 20.7. The Morgan fingerprint density at radius 3 is 2.27 bits per heavy atom. The minimum absolute atomic E-state index is 0.115. The molecule has 0 bridgehead atoms. The Kier molecular flexibility index (Phi) is 16.1. The predicted octanol–water partition coefficient (Wildman–Crippen LogP) is 8.42. The molecule has 5 aromatic carbocycles. The van der Waals surface area contributed by atoms with E-state index in [1.807, 2.05) is 84.9 Å². The Labute approximate surface area is 361 Å². The van der Waals surface area contributed by atoms with Gasteiger partial charge in [0.2, 0.25) is 0 Å². The average molecular weight is 837 g/mol. The molecule has 0 unspecified atom stereocenters. The first-order valence-corrected chi connectivity index (χ1v) is 20.9. The number of carboxylic acid groups (broad SMARTS) is 1. The van der Waals surface area contributed by atoms with Crippen molar-refractivity contribution in [2.24, 2.45) is 0 Å². The summed E-state index contributed by atoms with van der Waals surface area (Å²) in [6.45, 7) is 4.01. The Morgan fingerprint density at radius 2 is 1.45 bits per heavy atom. The number of nitrogens with one attached hydrogen (secondary N) is 2. The van der Waals surface area contributed by atoms with Crippen LogP contribution in [0.3, 0.4) is 0 Å². The first-order chi connectivity index (χ1) is 30.5. The Bertz CT molecular complexity index is 2490. The Hall–Kier alpha value is -6.57. The summed E-state index contributed by atoms with van der Waals surface area (Å²) in [7, 11) is 0. The number of hydrogen-bond acceptors (Lipinski definition) is 11. The number of aromatic nitrogens is 2. The molecule has 2 heterocycles. The van der Waals surface area contributed by atoms with Crippen LogP contribution in [0, 0.1) is 0 Å². The first kappa shape index (κ1) is 43.5. The molecule has 1 atom stereocenters. The first-order valence-electron chi connectivity index (χ1n) is 20.9. The van der Waals surface area contributed by atoms with Gasteiger partial charge in [-0.3, -0.25) is 4.98 Å². The monoisotopic (exact) mass is 836 g/mol. The second-order valence-corrected chi connectivity index (χ2v) is 14.7. The molecule has 0 saturated carbocycles. The fourth-order valence-corrected chi connectivity index (χ4v) is 6.85. The number of fused-ring (bicyclic) bond motifs is 3. The van der Waals surface area contributed by atoms with E-state index >= 15 is 0 Å². The second kappa shape index (κ2) is 22.9. The molecule has 62 heavy (non-hydrogen) atoms. The molecule has 12 nitrogen and oxygen atoms in total. The number of carboxylic acids is 1. The summed E-state index contributed by atoms with van der Waals surface area (Å²) >= 11 is 0. The quantitative estimate of drug-likeness (QED) is 0.0323. The zero-order valence-electron chi connectivity index (χ0n) is 34.6. The number of aryl methyl sites for hydroxylation is 1. The molecule has 0 amide bonds. The van der Waals surface area contributed by atoms with E-state index < -0.39 is 12.1 Å². The van der Waals surface area contributed by atoms with E-state index in [0.717, 1.165) is 52.2 Å². The van der Waals surface area contributed by atoms with E-state index in [1.165, 1.54) is 5.56 Å². The van der Waals surface area contributed by atoms with E-state index in [2.05, 4.69) is 39.9 Å². The van der Waals surface area contributed by atoms with Gasteiger partial charge in [0.1, 0.15) is 30.9 Å². The molecule has 0 aliphatic carbocycles. The summed E-state index contributed by atoms with van der Waals surface area (Å²) < 4.78 is 29.7. The van der Waals surface area contributed by atoms with Crippen molar-refractivity contribution >= 4 is 39.1 Å². The van der Waals surface area contributed by atoms with Crippen molar-refractivity contribution in [3.63, 3.8) is 0 Å². The van der Waals surface area contributed by atoms with Crippen LogP contribution in [0.5, 0.6) is 17.2 Å². The topological polar surface area (TPSA) is 154 Å². The summed E-state index contributed by atoms with van der Waals surface area (Å²) in [5, 5.41) is 29.4. The van der Waals surface area contributed by atoms with Crippen molar-refractivity contribution in [3.8, 4) is 17.2 Å². The number of pyridine rings is 2. The lowest BCUT2D eigenvalue weighted by Crippen LogP contribution is -2.33. The molecule has 0 aliphatic rings. The van der Waals surface area contributed by atoms with Gasteiger partial charge in [0.05, 0.1) is 37.5 Å². The van der Waals surface area contributed by atoms with Crippen LogP contribution >= 0.6 is 0 Å². The van der Waals surface area contributed by atoms with Gasteiger partial charge in [0.15, 0.2) is 11.5 Å². The Balaban J connectivity index is 0.767. The number of benzene rings is 5. The SMILES string of the molecule is O=C(O)c1ccc2c(c1)nc(Nc1cccc(CCCOCCOCCNC[C@@H](O)COc3ccc(OCc4ccccc4)c(OCCc4ccccc4)c3)c1)c1ccncc12. The molecular formula is C50H52N4O8. The van der Waals surface area contributed by atoms with Crippen LogP contribution < -0.4 is 24.8 Å². The van der Waals surface area contributed by atoms with Gasteiger partial charge in [-0.25, -0.2) is 9.78 Å². The summed E-state index contributed by atoms with van der Waals surface area (Å²) in [6, 6.07) is 40.7. The highest BCUT2D eigenvalue weighted by atomic mass is 16.5. The molecule has 320 valence electrons. The van der Waals surface area contributed by atoms with Crippen molar-refractivity contribution < 1.29 is 38.7 Å². The molecule has 12 heteroatoms. The van der Waals surface area contributed by atoms with E-state index in [0.29, 0.717) is 81.3 Å². The van der Waals surface area contributed by atoms with Crippen molar-refractivity contribution in [2.45, 2.75) is 32.0 Å². The van der Waals surface area contributed by atoms with Crippen LogP contribution in [0.2, 0.25) is 0 Å². The molecule has 2 aromatic heterocycles. The van der Waals surface area contributed by atoms with Crippen LogP contribution in [0.4, 0.5) is 11.5 Å². The van der Waals surface area contributed by atoms with Crippen molar-refractivity contribution in [2.75, 3.05) is 58.0 Å². The van der Waals surface area contributed by atoms with Gasteiger partial charge in [-0.2, -0.15) is 0 Å². The second-order valence-electron chi connectivity index (χ2n) is 14.7. The number of aliphatic hydroxyl groups excluding tert-OH is 1. The van der Waals surface area contributed by atoms with Gasteiger partial charge in [-0.1, -0.05) is 78.9 Å². The van der Waals surface area contributed by atoms with Gasteiger partial charge >= 0.3 is 5.97 Å². The maximum absolute atomic E-state index is 11.6. The molecule has 0 saturated heterocycles. The number of aliphatic hydroxyl groups is 1. The smallest absolute Gasteiger partial charge is 0.335 e. The third kappa shape index (κ3) is 13.0. The number of carbonyl (C=O) groups is 1. The number of rotatable bonds is 25. The van der Waals surface area contributed by atoms with Crippen molar-refractivity contribution in [1.29, 1.82) is 0 Å². The third-order valence-electron chi connectivity index (χ3n) is 10.0. The highest BCUT2D eigenvalue weighted by molar-refractivity contribution is 6.11. The standard InChI is InChI=1S/C50H52N4O8/c55-41(35-61-42-17-19-47(62-34-38-11-5-2-6-12-38)48(31-42)60-25-21-36-9-3-1-4-10-36)32-52-23-26-59-28-27-58-24-8-14-37-13-7-15-40(29-37)53-49-44-20-22-51-33-45(44)43-18-16-39(50(56)57)30-46(43)54-49/h1-7,9-13,15-20,22,29-31,33,41,52,55H,8,14,21,23-28,32,34-35H2,(H,53,54)(H,56,57)/t41-/m1/s1. The van der Waals surface area contributed by atoms with Crippen LogP contribution in [0.15, 0.2) is 140 Å². The molecule has 0 spiro atoms. The lowest BCUT2D eigenvalue weighted by Gasteiger charge is -2.17. The van der Waals surface area contributed by atoms with Crippen LogP contribution in [0.1, 0.15) is 33.5 Å². The van der Waals surface area contributed by atoms with Crippen molar-refractivity contribution in [3.05, 3.63) is 162 Å². The summed E-state index contributed by atoms with van der Waals surface area (Å²) in [6.07, 6.45) is 5.23. The van der Waals surface area contributed by atoms with E-state index in [9.17, 15) is 15.0 Å². The predicted molar refractivity (Wildman–Crippen MR) is 241 cm³/mol. The lowest BCUT2D eigenvalue weighted by atomic mass is 10.1. The fraction of sp³-hybridized carbons (Fsp3) is 0.260. The van der Waals surface area contributed by atoms with Gasteiger partial charge < -0.3 is 44.5 Å². The molecule has 0 aliphatic heterocycles. The lowest BCUT2D eigenvalue weighted by molar-refractivity contribution is 0.0463. The summed E-state index contributed by atoms with van der Waals surface area (Å²) in [5.74, 6) is 1.44. The molecular weight excluding hydrogens is 785 g/mol. The molecule has 7 aromatic rings. The average Bonchev–Trinajstić information content (AvgIpc) is 3.30. The van der Waals surface area contributed by atoms with Crippen LogP contribution in [0.25, 0.3) is 21.7 Å². The highest BCUT2D eigenvalue weighted by Crippen LogP contribution is 2.33. The van der Waals surface area contributed by atoms with E-state index in [-0.39, 0.29) is 12.2 Å².